The lowest BCUT2D eigenvalue weighted by molar-refractivity contribution is 0.682. The third-order valence-electron chi connectivity index (χ3n) is 1.86. The maximum absolute atomic E-state index is 11.0. The fourth-order valence-electron chi connectivity index (χ4n) is 1.36. The summed E-state index contributed by atoms with van der Waals surface area (Å²) in [6.45, 7) is 3.96. The molecule has 4 nitrogen and oxygen atoms in total. The number of anilines is 1. The molecule has 80 valence electrons. The molecule has 0 radical (unpaired) electrons. The molecule has 1 aromatic rings. The van der Waals surface area contributed by atoms with E-state index in [4.69, 9.17) is 0 Å². The molecule has 2 atom stereocenters. The molecule has 0 aliphatic heterocycles. The van der Waals surface area contributed by atoms with Crippen molar-refractivity contribution in [3.8, 4) is 0 Å². The summed E-state index contributed by atoms with van der Waals surface area (Å²) in [6, 6.07) is 0.182. The molecule has 1 N–H and O–H groups in total. The average Bonchev–Trinajstić information content (AvgIpc) is 2.28. The van der Waals surface area contributed by atoms with Gasteiger partial charge in [-0.2, -0.15) is 0 Å². The van der Waals surface area contributed by atoms with Gasteiger partial charge in [0.2, 0.25) is 5.95 Å². The smallest absolute Gasteiger partial charge is 0.203 e. The van der Waals surface area contributed by atoms with Gasteiger partial charge in [-0.3, -0.25) is 4.21 Å². The maximum atomic E-state index is 11.0. The normalized spacial score (nSPS) is 15.1. The number of hydrogen-bond acceptors (Lipinski definition) is 3. The molecular formula is C9H17N3OS. The van der Waals surface area contributed by atoms with Gasteiger partial charge in [-0.15, -0.1) is 0 Å². The van der Waals surface area contributed by atoms with Crippen molar-refractivity contribution in [3.63, 3.8) is 0 Å². The lowest BCUT2D eigenvalue weighted by Crippen LogP contribution is -2.23. The number of aromatic nitrogens is 2. The second-order valence-corrected chi connectivity index (χ2v) is 5.08. The third-order valence-corrected chi connectivity index (χ3v) is 2.83. The Morgan fingerprint density at radius 1 is 1.71 bits per heavy atom. The Kier molecular flexibility index (Phi) is 3.69. The largest absolute Gasteiger partial charge is 0.352 e. The minimum absolute atomic E-state index is 0.182. The van der Waals surface area contributed by atoms with Crippen LogP contribution < -0.4 is 5.32 Å². The summed E-state index contributed by atoms with van der Waals surface area (Å²) in [6.07, 6.45) is 3.67. The molecule has 1 heterocycles. The van der Waals surface area contributed by atoms with Gasteiger partial charge < -0.3 is 9.88 Å². The molecule has 0 bridgehead atoms. The minimum Gasteiger partial charge on any atom is -0.352 e. The Bertz CT molecular complexity index is 335. The molecule has 1 aromatic heterocycles. The molecule has 0 saturated heterocycles. The van der Waals surface area contributed by atoms with Crippen molar-refractivity contribution in [2.24, 2.45) is 7.05 Å². The summed E-state index contributed by atoms with van der Waals surface area (Å²) >= 11 is 0. The van der Waals surface area contributed by atoms with Crippen LogP contribution in [0, 0.1) is 6.92 Å². The summed E-state index contributed by atoms with van der Waals surface area (Å²) in [4.78, 5) is 4.31. The molecule has 2 unspecified atom stereocenters. The van der Waals surface area contributed by atoms with E-state index in [0.29, 0.717) is 5.75 Å². The second-order valence-electron chi connectivity index (χ2n) is 3.60. The summed E-state index contributed by atoms with van der Waals surface area (Å²) < 4.78 is 12.9. The van der Waals surface area contributed by atoms with E-state index in [1.165, 1.54) is 0 Å². The lowest BCUT2D eigenvalue weighted by atomic mass is 10.4. The van der Waals surface area contributed by atoms with E-state index in [-0.39, 0.29) is 6.04 Å². The minimum atomic E-state index is -0.769. The predicted octanol–water partition coefficient (Wildman–Crippen LogP) is 0.907. The van der Waals surface area contributed by atoms with Crippen LogP contribution >= 0.6 is 0 Å². The standard InChI is InChI=1S/C9H17N3OS/c1-7-5-12(3)9(10-7)11-8(2)6-14(4)13/h5,8H,6H2,1-4H3,(H,10,11). The molecule has 14 heavy (non-hydrogen) atoms. The third kappa shape index (κ3) is 3.14. The van der Waals surface area contributed by atoms with Crippen LogP contribution in [0.5, 0.6) is 0 Å². The highest BCUT2D eigenvalue weighted by Gasteiger charge is 2.07. The zero-order valence-electron chi connectivity index (χ0n) is 9.07. The average molecular weight is 215 g/mol. The van der Waals surface area contributed by atoms with Gasteiger partial charge in [0.25, 0.3) is 0 Å². The van der Waals surface area contributed by atoms with Gasteiger partial charge in [0.05, 0.1) is 5.69 Å². The first-order chi connectivity index (χ1) is 6.49. The molecule has 0 aliphatic carbocycles. The van der Waals surface area contributed by atoms with Crippen LogP contribution in [0.3, 0.4) is 0 Å². The van der Waals surface area contributed by atoms with Crippen molar-refractivity contribution in [1.82, 2.24) is 9.55 Å². The molecule has 1 rings (SSSR count). The highest BCUT2D eigenvalue weighted by atomic mass is 32.2. The van der Waals surface area contributed by atoms with Crippen LogP contribution in [0.4, 0.5) is 5.95 Å². The first-order valence-corrected chi connectivity index (χ1v) is 6.28. The number of aryl methyl sites for hydroxylation is 2. The number of hydrogen-bond donors (Lipinski definition) is 1. The molecule has 0 amide bonds. The molecule has 5 heteroatoms. The van der Waals surface area contributed by atoms with E-state index < -0.39 is 10.8 Å². The lowest BCUT2D eigenvalue weighted by Gasteiger charge is -2.12. The number of nitrogens with zero attached hydrogens (tertiary/aromatic N) is 2. The Balaban J connectivity index is 2.59. The van der Waals surface area contributed by atoms with Crippen LogP contribution in [-0.2, 0) is 17.8 Å². The highest BCUT2D eigenvalue weighted by molar-refractivity contribution is 7.84. The number of imidazole rings is 1. The quantitative estimate of drug-likeness (QED) is 0.812. The van der Waals surface area contributed by atoms with Gasteiger partial charge in [0.1, 0.15) is 0 Å². The van der Waals surface area contributed by atoms with Gasteiger partial charge in [0.15, 0.2) is 0 Å². The molecule has 0 aromatic carbocycles. The fraction of sp³-hybridized carbons (Fsp3) is 0.667. The topological polar surface area (TPSA) is 46.9 Å². The summed E-state index contributed by atoms with van der Waals surface area (Å²) in [5.41, 5.74) is 0.986. The maximum Gasteiger partial charge on any atom is 0.203 e. The van der Waals surface area contributed by atoms with Crippen molar-refractivity contribution in [2.45, 2.75) is 19.9 Å². The Labute approximate surface area is 87.2 Å². The van der Waals surface area contributed by atoms with Gasteiger partial charge in [-0.1, -0.05) is 0 Å². The van der Waals surface area contributed by atoms with E-state index in [1.807, 2.05) is 31.7 Å². The van der Waals surface area contributed by atoms with Crippen LogP contribution in [0.2, 0.25) is 0 Å². The second kappa shape index (κ2) is 4.59. The van der Waals surface area contributed by atoms with Gasteiger partial charge >= 0.3 is 0 Å². The number of rotatable bonds is 4. The van der Waals surface area contributed by atoms with Crippen molar-refractivity contribution < 1.29 is 4.21 Å². The fourth-order valence-corrected chi connectivity index (χ4v) is 2.15. The van der Waals surface area contributed by atoms with Crippen LogP contribution in [0.25, 0.3) is 0 Å². The Hall–Kier alpha value is -0.840. The van der Waals surface area contributed by atoms with Crippen molar-refractivity contribution in [3.05, 3.63) is 11.9 Å². The SMILES string of the molecule is Cc1cn(C)c(NC(C)CS(C)=O)n1. The van der Waals surface area contributed by atoms with Crippen LogP contribution in [0.15, 0.2) is 6.20 Å². The van der Waals surface area contributed by atoms with Crippen molar-refractivity contribution in [1.29, 1.82) is 0 Å². The van der Waals surface area contributed by atoms with E-state index >= 15 is 0 Å². The van der Waals surface area contributed by atoms with E-state index in [9.17, 15) is 4.21 Å². The van der Waals surface area contributed by atoms with E-state index in [2.05, 4.69) is 10.3 Å². The summed E-state index contributed by atoms with van der Waals surface area (Å²) in [7, 11) is 1.17. The van der Waals surface area contributed by atoms with Crippen LogP contribution in [-0.4, -0.2) is 31.8 Å². The Morgan fingerprint density at radius 2 is 2.36 bits per heavy atom. The van der Waals surface area contributed by atoms with Crippen molar-refractivity contribution in [2.75, 3.05) is 17.3 Å². The first kappa shape index (κ1) is 11.2. The Morgan fingerprint density at radius 3 is 2.79 bits per heavy atom. The summed E-state index contributed by atoms with van der Waals surface area (Å²) in [5, 5.41) is 3.22. The summed E-state index contributed by atoms with van der Waals surface area (Å²) in [5.74, 6) is 1.48. The van der Waals surface area contributed by atoms with Gasteiger partial charge in [0, 0.05) is 42.1 Å². The monoisotopic (exact) mass is 215 g/mol. The molecule has 0 fully saturated rings. The zero-order chi connectivity index (χ0) is 10.7. The van der Waals surface area contributed by atoms with Crippen molar-refractivity contribution >= 4 is 16.7 Å². The molecule has 0 spiro atoms. The van der Waals surface area contributed by atoms with Crippen LogP contribution in [0.1, 0.15) is 12.6 Å². The van der Waals surface area contributed by atoms with E-state index in [0.717, 1.165) is 11.6 Å². The van der Waals surface area contributed by atoms with Gasteiger partial charge in [-0.25, -0.2) is 4.98 Å². The molecule has 0 saturated carbocycles. The zero-order valence-corrected chi connectivity index (χ0v) is 9.89. The first-order valence-electron chi connectivity index (χ1n) is 4.55. The molecule has 0 aliphatic rings. The van der Waals surface area contributed by atoms with E-state index in [1.54, 1.807) is 6.26 Å². The highest BCUT2D eigenvalue weighted by Crippen LogP contribution is 2.07. The number of nitrogens with one attached hydrogen (secondary N) is 1. The predicted molar refractivity (Wildman–Crippen MR) is 60.0 cm³/mol. The van der Waals surface area contributed by atoms with Gasteiger partial charge in [-0.05, 0) is 13.8 Å². The molecular weight excluding hydrogens is 198 g/mol.